The van der Waals surface area contributed by atoms with Crippen molar-refractivity contribution in [2.75, 3.05) is 0 Å². The van der Waals surface area contributed by atoms with Gasteiger partial charge in [0.2, 0.25) is 0 Å². The summed E-state index contributed by atoms with van der Waals surface area (Å²) in [6, 6.07) is 0. The molecule has 7 heteroatoms. The number of carbonyl (C=O) groups is 2. The van der Waals surface area contributed by atoms with E-state index in [1.165, 1.54) is 32.1 Å². The maximum atomic E-state index is 10.0. The summed E-state index contributed by atoms with van der Waals surface area (Å²) < 4.78 is 0. The van der Waals surface area contributed by atoms with Gasteiger partial charge in [0.25, 0.3) is 0 Å². The first-order valence-electron chi connectivity index (χ1n) is 6.10. The second-order valence-corrected chi connectivity index (χ2v) is 4.96. The van der Waals surface area contributed by atoms with E-state index in [4.69, 9.17) is 23.2 Å². The number of carbonyl (C=O) groups excluding carboxylic acids is 2. The zero-order valence-electron chi connectivity index (χ0n) is 10.9. The molecule has 0 amide bonds. The van der Waals surface area contributed by atoms with Crippen LogP contribution >= 0.6 is 23.2 Å². The van der Waals surface area contributed by atoms with Gasteiger partial charge in [-0.25, -0.2) is 0 Å². The molecule has 0 saturated carbocycles. The van der Waals surface area contributed by atoms with Gasteiger partial charge in [-0.2, -0.15) is 0 Å². The van der Waals surface area contributed by atoms with Crippen LogP contribution in [-0.2, 0) is 26.1 Å². The second kappa shape index (κ2) is 18.0. The van der Waals surface area contributed by atoms with Crippen LogP contribution in [0.5, 0.6) is 0 Å². The van der Waals surface area contributed by atoms with Crippen LogP contribution in [0.3, 0.4) is 0 Å². The maximum Gasteiger partial charge on any atom is 2.00 e. The first kappa shape index (κ1) is 24.1. The number of carboxylic acid groups (broad SMARTS) is 2. The summed E-state index contributed by atoms with van der Waals surface area (Å²) in [5, 5.41) is 19.3. The Morgan fingerprint density at radius 1 is 0.947 bits per heavy atom. The number of hydrogen-bond acceptors (Lipinski definition) is 4. The molecule has 0 spiro atoms. The van der Waals surface area contributed by atoms with Gasteiger partial charge in [-0.15, -0.1) is 0 Å². The smallest absolute Gasteiger partial charge is 0.550 e. The van der Waals surface area contributed by atoms with E-state index in [-0.39, 0.29) is 22.9 Å². The minimum Gasteiger partial charge on any atom is -0.550 e. The van der Waals surface area contributed by atoms with Crippen LogP contribution in [0.15, 0.2) is 0 Å². The average molecular weight is 358 g/mol. The van der Waals surface area contributed by atoms with E-state index in [1.54, 1.807) is 0 Å². The Hall–Kier alpha value is 0.0135. The third kappa shape index (κ3) is 27.3. The van der Waals surface area contributed by atoms with Gasteiger partial charge in [0.05, 0.1) is 5.97 Å². The van der Waals surface area contributed by atoms with Crippen LogP contribution in [0, 0.1) is 0 Å². The molecule has 4 nitrogen and oxygen atoms in total. The van der Waals surface area contributed by atoms with E-state index in [0.29, 0.717) is 0 Å². The Morgan fingerprint density at radius 2 is 1.32 bits per heavy atom. The number of halogens is 2. The van der Waals surface area contributed by atoms with Crippen LogP contribution in [-0.4, -0.2) is 16.8 Å². The molecular formula is C12H20Cl2NiO4. The second-order valence-electron chi connectivity index (χ2n) is 3.86. The molecule has 0 fully saturated rings. The summed E-state index contributed by atoms with van der Waals surface area (Å²) in [7, 11) is 0. The minimum absolute atomic E-state index is 0. The summed E-state index contributed by atoms with van der Waals surface area (Å²) in [5.41, 5.74) is 0. The van der Waals surface area contributed by atoms with E-state index in [9.17, 15) is 19.8 Å². The van der Waals surface area contributed by atoms with Crippen molar-refractivity contribution in [3.05, 3.63) is 0 Å². The predicted octanol–water partition coefficient (Wildman–Crippen LogP) is 1.41. The van der Waals surface area contributed by atoms with Crippen molar-refractivity contribution in [1.29, 1.82) is 0 Å². The number of hydrogen-bond donors (Lipinski definition) is 0. The van der Waals surface area contributed by atoms with Gasteiger partial charge < -0.3 is 19.8 Å². The molecule has 0 N–H and O–H groups in total. The molecule has 0 aliphatic heterocycles. The number of alkyl halides is 2. The van der Waals surface area contributed by atoms with E-state index in [2.05, 4.69) is 6.92 Å². The Labute approximate surface area is 134 Å². The number of rotatable bonds is 9. The molecule has 0 saturated heterocycles. The zero-order valence-corrected chi connectivity index (χ0v) is 13.4. The maximum absolute atomic E-state index is 10.0. The molecule has 0 aromatic carbocycles. The SMILES string of the molecule is CCCCCCCCCC(=O)[O-].O=C([O-])C(Cl)Cl.[Ni+2]. The van der Waals surface area contributed by atoms with Crippen LogP contribution in [0.25, 0.3) is 0 Å². The van der Waals surface area contributed by atoms with E-state index >= 15 is 0 Å². The number of carboxylic acids is 2. The summed E-state index contributed by atoms with van der Waals surface area (Å²) in [5.74, 6) is -2.37. The Balaban J connectivity index is -0.000000313. The van der Waals surface area contributed by atoms with Gasteiger partial charge in [0.15, 0.2) is 0 Å². The van der Waals surface area contributed by atoms with Gasteiger partial charge in [0, 0.05) is 5.97 Å². The molecule has 116 valence electrons. The van der Waals surface area contributed by atoms with Gasteiger partial charge in [-0.05, 0) is 12.8 Å². The first-order valence-corrected chi connectivity index (χ1v) is 6.98. The fourth-order valence-corrected chi connectivity index (χ4v) is 1.23. The molecule has 0 heterocycles. The topological polar surface area (TPSA) is 80.3 Å². The number of aliphatic carboxylic acids is 2. The Kier molecular flexibility index (Phi) is 22.8. The minimum atomic E-state index is -1.46. The molecule has 0 atom stereocenters. The van der Waals surface area contributed by atoms with E-state index in [1.807, 2.05) is 0 Å². The monoisotopic (exact) mass is 356 g/mol. The molecule has 0 unspecified atom stereocenters. The fourth-order valence-electron chi connectivity index (χ4n) is 1.23. The van der Waals surface area contributed by atoms with Crippen molar-refractivity contribution >= 4 is 35.1 Å². The molecule has 0 aliphatic rings. The van der Waals surface area contributed by atoms with Crippen molar-refractivity contribution in [3.63, 3.8) is 0 Å². The predicted molar refractivity (Wildman–Crippen MR) is 68.1 cm³/mol. The normalized spacial score (nSPS) is 9.26. The molecule has 0 rings (SSSR count). The van der Waals surface area contributed by atoms with Crippen molar-refractivity contribution in [1.82, 2.24) is 0 Å². The average Bonchev–Trinajstić information content (AvgIpc) is 2.28. The van der Waals surface area contributed by atoms with Crippen LogP contribution in [0.2, 0.25) is 0 Å². The van der Waals surface area contributed by atoms with Gasteiger partial charge >= 0.3 is 16.5 Å². The summed E-state index contributed by atoms with van der Waals surface area (Å²) >= 11 is 9.43. The number of unbranched alkanes of at least 4 members (excludes halogenated alkanes) is 6. The van der Waals surface area contributed by atoms with Crippen LogP contribution < -0.4 is 10.2 Å². The van der Waals surface area contributed by atoms with Crippen molar-refractivity contribution in [2.24, 2.45) is 0 Å². The fraction of sp³-hybridized carbons (Fsp3) is 0.833. The third-order valence-electron chi connectivity index (χ3n) is 2.16. The first-order chi connectivity index (χ1) is 8.41. The van der Waals surface area contributed by atoms with Gasteiger partial charge in [0.1, 0.15) is 4.84 Å². The Bertz CT molecular complexity index is 226. The van der Waals surface area contributed by atoms with Crippen LogP contribution in [0.4, 0.5) is 0 Å². The summed E-state index contributed by atoms with van der Waals surface area (Å²) in [4.78, 5) is 17.9. The van der Waals surface area contributed by atoms with Crippen LogP contribution in [0.1, 0.15) is 58.3 Å². The van der Waals surface area contributed by atoms with Crippen molar-refractivity contribution < 1.29 is 36.3 Å². The van der Waals surface area contributed by atoms with E-state index in [0.717, 1.165) is 12.8 Å². The molecule has 0 aromatic rings. The largest absolute Gasteiger partial charge is 2.00 e. The van der Waals surface area contributed by atoms with Crippen molar-refractivity contribution in [2.45, 2.75) is 63.1 Å². The van der Waals surface area contributed by atoms with E-state index < -0.39 is 16.8 Å². The standard InChI is InChI=1S/C10H20O2.C2H2Cl2O2.Ni/c1-2-3-4-5-6-7-8-9-10(11)12;3-1(4)2(5)6;/h2-9H2,1H3,(H,11,12);1H,(H,5,6);/q;;+2/p-2. The molecule has 0 radical (unpaired) electrons. The van der Waals surface area contributed by atoms with Gasteiger partial charge in [-0.1, -0.05) is 68.7 Å². The quantitative estimate of drug-likeness (QED) is 0.355. The van der Waals surface area contributed by atoms with Gasteiger partial charge in [-0.3, -0.25) is 0 Å². The summed E-state index contributed by atoms with van der Waals surface area (Å²) in [6.45, 7) is 2.19. The van der Waals surface area contributed by atoms with Crippen molar-refractivity contribution in [3.8, 4) is 0 Å². The zero-order chi connectivity index (χ0) is 14.4. The molecule has 0 aliphatic carbocycles. The summed E-state index contributed by atoms with van der Waals surface area (Å²) in [6.07, 6.45) is 8.34. The molecule has 0 bridgehead atoms. The molecular weight excluding hydrogens is 338 g/mol. The molecule has 19 heavy (non-hydrogen) atoms. The Morgan fingerprint density at radius 3 is 1.63 bits per heavy atom. The third-order valence-corrected chi connectivity index (χ3v) is 2.52. The molecule has 0 aromatic heterocycles.